The summed E-state index contributed by atoms with van der Waals surface area (Å²) in [6, 6.07) is 6.09. The quantitative estimate of drug-likeness (QED) is 0.848. The van der Waals surface area contributed by atoms with Gasteiger partial charge >= 0.3 is 0 Å². The maximum Gasteiger partial charge on any atom is 0.151 e. The van der Waals surface area contributed by atoms with E-state index in [9.17, 15) is 8.42 Å². The lowest BCUT2D eigenvalue weighted by atomic mass is 10.2. The normalized spacial score (nSPS) is 21.9. The number of aromatic nitrogens is 1. The molecule has 2 heterocycles. The van der Waals surface area contributed by atoms with E-state index in [0.717, 1.165) is 24.4 Å². The summed E-state index contributed by atoms with van der Waals surface area (Å²) >= 11 is 0. The van der Waals surface area contributed by atoms with E-state index in [-0.39, 0.29) is 11.8 Å². The number of pyridine rings is 1. The molecule has 2 rings (SSSR count). The Morgan fingerprint density at radius 1 is 1.42 bits per heavy atom. The van der Waals surface area contributed by atoms with E-state index in [1.165, 1.54) is 0 Å². The SMILES string of the molecule is CNCc1cccc(CN(C)C2CCS(=O)(=O)C2)n1. The highest BCUT2D eigenvalue weighted by Gasteiger charge is 2.30. The minimum absolute atomic E-state index is 0.125. The fraction of sp³-hybridized carbons (Fsp3) is 0.615. The van der Waals surface area contributed by atoms with Crippen LogP contribution in [0.5, 0.6) is 0 Å². The molecule has 0 aliphatic carbocycles. The van der Waals surface area contributed by atoms with Crippen LogP contribution in [0.1, 0.15) is 17.8 Å². The van der Waals surface area contributed by atoms with Crippen molar-refractivity contribution in [1.82, 2.24) is 15.2 Å². The summed E-state index contributed by atoms with van der Waals surface area (Å²) in [5.41, 5.74) is 1.99. The topological polar surface area (TPSA) is 62.3 Å². The van der Waals surface area contributed by atoms with Gasteiger partial charge in [0.1, 0.15) is 0 Å². The minimum Gasteiger partial charge on any atom is -0.314 e. The van der Waals surface area contributed by atoms with E-state index in [2.05, 4.69) is 15.2 Å². The summed E-state index contributed by atoms with van der Waals surface area (Å²) in [6.07, 6.45) is 0.731. The Hall–Kier alpha value is -0.980. The van der Waals surface area contributed by atoms with E-state index in [1.54, 1.807) is 0 Å². The maximum atomic E-state index is 11.5. The number of rotatable bonds is 5. The Labute approximate surface area is 114 Å². The van der Waals surface area contributed by atoms with Crippen molar-refractivity contribution in [1.29, 1.82) is 0 Å². The second-order valence-electron chi connectivity index (χ2n) is 5.12. The number of nitrogens with one attached hydrogen (secondary N) is 1. The van der Waals surface area contributed by atoms with Crippen molar-refractivity contribution in [3.63, 3.8) is 0 Å². The largest absolute Gasteiger partial charge is 0.314 e. The first-order valence-electron chi connectivity index (χ1n) is 6.50. The Balaban J connectivity index is 1.99. The number of nitrogens with zero attached hydrogens (tertiary/aromatic N) is 2. The Morgan fingerprint density at radius 2 is 2.16 bits per heavy atom. The van der Waals surface area contributed by atoms with Crippen LogP contribution in [0.4, 0.5) is 0 Å². The smallest absolute Gasteiger partial charge is 0.151 e. The third-order valence-electron chi connectivity index (χ3n) is 3.47. The van der Waals surface area contributed by atoms with E-state index < -0.39 is 9.84 Å². The predicted molar refractivity (Wildman–Crippen MR) is 75.5 cm³/mol. The molecule has 6 heteroatoms. The van der Waals surface area contributed by atoms with Crippen molar-refractivity contribution < 1.29 is 8.42 Å². The second-order valence-corrected chi connectivity index (χ2v) is 7.35. The van der Waals surface area contributed by atoms with E-state index in [1.807, 2.05) is 32.3 Å². The highest BCUT2D eigenvalue weighted by molar-refractivity contribution is 7.91. The van der Waals surface area contributed by atoms with Crippen LogP contribution in [-0.2, 0) is 22.9 Å². The molecule has 1 atom stereocenters. The minimum atomic E-state index is -2.82. The standard InChI is InChI=1S/C13H21N3O2S/c1-14-8-11-4-3-5-12(15-11)9-16(2)13-6-7-19(17,18)10-13/h3-5,13-14H,6-10H2,1-2H3. The highest BCUT2D eigenvalue weighted by Crippen LogP contribution is 2.18. The molecule has 106 valence electrons. The number of hydrogen-bond donors (Lipinski definition) is 1. The molecule has 0 amide bonds. The fourth-order valence-corrected chi connectivity index (χ4v) is 4.21. The van der Waals surface area contributed by atoms with Crippen LogP contribution in [0.25, 0.3) is 0 Å². The molecule has 5 nitrogen and oxygen atoms in total. The van der Waals surface area contributed by atoms with Crippen LogP contribution in [0, 0.1) is 0 Å². The Bertz CT molecular complexity index is 530. The van der Waals surface area contributed by atoms with Crippen LogP contribution < -0.4 is 5.32 Å². The summed E-state index contributed by atoms with van der Waals surface area (Å²) in [5, 5.41) is 3.07. The molecule has 1 fully saturated rings. The lowest BCUT2D eigenvalue weighted by Gasteiger charge is -2.22. The van der Waals surface area contributed by atoms with Crippen LogP contribution in [0.2, 0.25) is 0 Å². The zero-order valence-corrected chi connectivity index (χ0v) is 12.3. The molecule has 1 aliphatic rings. The zero-order chi connectivity index (χ0) is 13.9. The summed E-state index contributed by atoms with van der Waals surface area (Å²) in [4.78, 5) is 6.65. The van der Waals surface area contributed by atoms with Crippen molar-refractivity contribution in [2.45, 2.75) is 25.6 Å². The van der Waals surface area contributed by atoms with Crippen LogP contribution in [0.15, 0.2) is 18.2 Å². The molecular weight excluding hydrogens is 262 g/mol. The van der Waals surface area contributed by atoms with E-state index in [4.69, 9.17) is 0 Å². The van der Waals surface area contributed by atoms with Gasteiger partial charge in [-0.2, -0.15) is 0 Å². The molecule has 1 saturated heterocycles. The summed E-state index contributed by atoms with van der Waals surface area (Å²) in [5.74, 6) is 0.592. The third kappa shape index (κ3) is 3.99. The van der Waals surface area contributed by atoms with Gasteiger partial charge < -0.3 is 5.32 Å². The first-order valence-corrected chi connectivity index (χ1v) is 8.32. The number of sulfone groups is 1. The van der Waals surface area contributed by atoms with Gasteiger partial charge in [0.25, 0.3) is 0 Å². The van der Waals surface area contributed by atoms with Crippen molar-refractivity contribution >= 4 is 9.84 Å². The number of hydrogen-bond acceptors (Lipinski definition) is 5. The predicted octanol–water partition coefficient (Wildman–Crippen LogP) is 0.420. The average Bonchev–Trinajstić information content (AvgIpc) is 2.71. The van der Waals surface area contributed by atoms with Gasteiger partial charge in [-0.15, -0.1) is 0 Å². The molecule has 1 aliphatic heterocycles. The maximum absolute atomic E-state index is 11.5. The molecule has 1 N–H and O–H groups in total. The molecule has 0 aromatic carbocycles. The molecule has 0 radical (unpaired) electrons. The highest BCUT2D eigenvalue weighted by atomic mass is 32.2. The van der Waals surface area contributed by atoms with Crippen LogP contribution >= 0.6 is 0 Å². The van der Waals surface area contributed by atoms with Gasteiger partial charge in [0.2, 0.25) is 0 Å². The molecule has 0 spiro atoms. The molecule has 19 heavy (non-hydrogen) atoms. The van der Waals surface area contributed by atoms with E-state index in [0.29, 0.717) is 12.3 Å². The molecule has 0 bridgehead atoms. The van der Waals surface area contributed by atoms with Gasteiger partial charge in [0.05, 0.1) is 22.9 Å². The molecule has 1 aromatic rings. The van der Waals surface area contributed by atoms with E-state index >= 15 is 0 Å². The zero-order valence-electron chi connectivity index (χ0n) is 11.5. The van der Waals surface area contributed by atoms with Crippen molar-refractivity contribution in [2.24, 2.45) is 0 Å². The van der Waals surface area contributed by atoms with Crippen LogP contribution in [0.3, 0.4) is 0 Å². The van der Waals surface area contributed by atoms with Gasteiger partial charge in [-0.1, -0.05) is 6.07 Å². The first kappa shape index (κ1) is 14.4. The molecule has 1 unspecified atom stereocenters. The van der Waals surface area contributed by atoms with Crippen molar-refractivity contribution in [3.8, 4) is 0 Å². The van der Waals surface area contributed by atoms with Gasteiger partial charge in [0.15, 0.2) is 9.84 Å². The third-order valence-corrected chi connectivity index (χ3v) is 5.22. The van der Waals surface area contributed by atoms with Gasteiger partial charge in [-0.3, -0.25) is 9.88 Å². The van der Waals surface area contributed by atoms with Gasteiger partial charge in [-0.25, -0.2) is 8.42 Å². The van der Waals surface area contributed by atoms with Crippen molar-refractivity contribution in [2.75, 3.05) is 25.6 Å². The fourth-order valence-electron chi connectivity index (χ4n) is 2.40. The Morgan fingerprint density at radius 3 is 2.79 bits per heavy atom. The van der Waals surface area contributed by atoms with Crippen LogP contribution in [-0.4, -0.2) is 49.9 Å². The lowest BCUT2D eigenvalue weighted by molar-refractivity contribution is 0.251. The summed E-state index contributed by atoms with van der Waals surface area (Å²) in [7, 11) is 1.04. The monoisotopic (exact) mass is 283 g/mol. The second kappa shape index (κ2) is 5.98. The lowest BCUT2D eigenvalue weighted by Crippen LogP contribution is -2.32. The van der Waals surface area contributed by atoms with Gasteiger partial charge in [0, 0.05) is 19.1 Å². The first-order chi connectivity index (χ1) is 9.00. The van der Waals surface area contributed by atoms with Gasteiger partial charge in [-0.05, 0) is 32.6 Å². The Kier molecular flexibility index (Phi) is 4.54. The average molecular weight is 283 g/mol. The molecule has 1 aromatic heterocycles. The van der Waals surface area contributed by atoms with Crippen molar-refractivity contribution in [3.05, 3.63) is 29.6 Å². The molecule has 0 saturated carbocycles. The molecular formula is C13H21N3O2S. The summed E-state index contributed by atoms with van der Waals surface area (Å²) < 4.78 is 23.0. The summed E-state index contributed by atoms with van der Waals surface area (Å²) in [6.45, 7) is 1.44.